The summed E-state index contributed by atoms with van der Waals surface area (Å²) in [5.41, 5.74) is 6.86. The van der Waals surface area contributed by atoms with Crippen molar-refractivity contribution in [2.45, 2.75) is 25.3 Å². The van der Waals surface area contributed by atoms with Crippen LogP contribution in [0, 0.1) is 0 Å². The van der Waals surface area contributed by atoms with Crippen LogP contribution in [0.4, 0.5) is 5.69 Å². The molecule has 2 rings (SSSR count). The maximum atomic E-state index is 9.37. The fourth-order valence-electron chi connectivity index (χ4n) is 2.29. The van der Waals surface area contributed by atoms with Gasteiger partial charge in [-0.25, -0.2) is 0 Å². The van der Waals surface area contributed by atoms with Crippen molar-refractivity contribution in [3.63, 3.8) is 0 Å². The van der Waals surface area contributed by atoms with Crippen LogP contribution < -0.4 is 10.6 Å². The van der Waals surface area contributed by atoms with Gasteiger partial charge in [0, 0.05) is 6.54 Å². The first kappa shape index (κ1) is 12.6. The van der Waals surface area contributed by atoms with E-state index in [1.165, 1.54) is 0 Å². The molecule has 1 aliphatic heterocycles. The molecule has 1 fully saturated rings. The Morgan fingerprint density at radius 3 is 2.94 bits per heavy atom. The number of rotatable bonds is 3. The van der Waals surface area contributed by atoms with Gasteiger partial charge in [-0.3, -0.25) is 4.98 Å². The minimum Gasteiger partial charge on any atom is -0.409 e. The second-order valence-electron chi connectivity index (χ2n) is 4.41. The molecular formula is C12H18N4O2. The summed E-state index contributed by atoms with van der Waals surface area (Å²) >= 11 is 0. The third-order valence-corrected chi connectivity index (χ3v) is 3.29. The summed E-state index contributed by atoms with van der Waals surface area (Å²) in [7, 11) is 0. The fourth-order valence-corrected chi connectivity index (χ4v) is 2.29. The first-order valence-corrected chi connectivity index (χ1v) is 6.07. The number of oxime groups is 1. The Kier molecular flexibility index (Phi) is 3.99. The third kappa shape index (κ3) is 2.53. The Labute approximate surface area is 106 Å². The van der Waals surface area contributed by atoms with E-state index in [2.05, 4.69) is 15.0 Å². The Bertz CT molecular complexity index is 419. The minimum absolute atomic E-state index is 0.00102. The van der Waals surface area contributed by atoms with Crippen LogP contribution in [-0.4, -0.2) is 40.3 Å². The zero-order valence-corrected chi connectivity index (χ0v) is 10.2. The molecule has 0 bridgehead atoms. The molecule has 0 saturated carbocycles. The lowest BCUT2D eigenvalue weighted by Crippen LogP contribution is -2.42. The summed E-state index contributed by atoms with van der Waals surface area (Å²) in [6, 6.07) is 3.76. The summed E-state index contributed by atoms with van der Waals surface area (Å²) in [6.45, 7) is 1.08. The molecule has 6 nitrogen and oxygen atoms in total. The van der Waals surface area contributed by atoms with E-state index >= 15 is 0 Å². The highest BCUT2D eigenvalue weighted by atomic mass is 16.4. The molecule has 0 radical (unpaired) electrons. The van der Waals surface area contributed by atoms with Gasteiger partial charge in [-0.15, -0.1) is 0 Å². The van der Waals surface area contributed by atoms with E-state index < -0.39 is 0 Å². The first-order valence-electron chi connectivity index (χ1n) is 6.07. The van der Waals surface area contributed by atoms with Crippen molar-refractivity contribution in [2.24, 2.45) is 10.9 Å². The number of hydrogen-bond acceptors (Lipinski definition) is 5. The number of aliphatic hydroxyl groups excluding tert-OH is 1. The number of amidine groups is 1. The smallest absolute Gasteiger partial charge is 0.188 e. The molecule has 1 atom stereocenters. The molecule has 1 saturated heterocycles. The van der Waals surface area contributed by atoms with E-state index in [4.69, 9.17) is 10.9 Å². The van der Waals surface area contributed by atoms with Crippen molar-refractivity contribution < 1.29 is 10.3 Å². The molecule has 4 N–H and O–H groups in total. The quantitative estimate of drug-likeness (QED) is 0.315. The lowest BCUT2D eigenvalue weighted by molar-refractivity contribution is 0.240. The van der Waals surface area contributed by atoms with Crippen LogP contribution in [0.1, 0.15) is 25.0 Å². The zero-order valence-electron chi connectivity index (χ0n) is 10.2. The number of pyridine rings is 1. The molecule has 18 heavy (non-hydrogen) atoms. The highest BCUT2D eigenvalue weighted by Gasteiger charge is 2.22. The molecule has 98 valence electrons. The minimum atomic E-state index is -0.00102. The molecule has 0 aliphatic carbocycles. The van der Waals surface area contributed by atoms with Crippen molar-refractivity contribution in [1.29, 1.82) is 0 Å². The molecule has 2 heterocycles. The zero-order chi connectivity index (χ0) is 13.0. The largest absolute Gasteiger partial charge is 0.409 e. The van der Waals surface area contributed by atoms with Crippen LogP contribution in [-0.2, 0) is 0 Å². The van der Waals surface area contributed by atoms with Crippen molar-refractivity contribution in [1.82, 2.24) is 4.98 Å². The van der Waals surface area contributed by atoms with Crippen LogP contribution >= 0.6 is 0 Å². The van der Waals surface area contributed by atoms with E-state index in [-0.39, 0.29) is 18.5 Å². The van der Waals surface area contributed by atoms with Gasteiger partial charge in [0.1, 0.15) is 5.69 Å². The van der Waals surface area contributed by atoms with E-state index in [0.717, 1.165) is 31.5 Å². The van der Waals surface area contributed by atoms with Gasteiger partial charge in [-0.05, 0) is 31.4 Å². The maximum Gasteiger partial charge on any atom is 0.188 e. The van der Waals surface area contributed by atoms with E-state index in [1.807, 2.05) is 6.07 Å². The number of piperidine rings is 1. The molecule has 6 heteroatoms. The third-order valence-electron chi connectivity index (χ3n) is 3.29. The number of aromatic nitrogens is 1. The highest BCUT2D eigenvalue weighted by Crippen LogP contribution is 2.23. The topological polar surface area (TPSA) is 95.0 Å². The van der Waals surface area contributed by atoms with Crippen LogP contribution in [0.3, 0.4) is 0 Å². The van der Waals surface area contributed by atoms with Gasteiger partial charge >= 0.3 is 0 Å². The predicted octanol–water partition coefficient (Wildman–Crippen LogP) is 0.527. The maximum absolute atomic E-state index is 9.37. The summed E-state index contributed by atoms with van der Waals surface area (Å²) < 4.78 is 0. The Balaban J connectivity index is 2.17. The average molecular weight is 250 g/mol. The molecule has 1 aromatic heterocycles. The fraction of sp³-hybridized carbons (Fsp3) is 0.500. The molecule has 1 unspecified atom stereocenters. The summed E-state index contributed by atoms with van der Waals surface area (Å²) in [6.07, 6.45) is 4.97. The first-order chi connectivity index (χ1) is 8.76. The summed E-state index contributed by atoms with van der Waals surface area (Å²) in [5.74, 6) is -0.00102. The van der Waals surface area contributed by atoms with Crippen LogP contribution in [0.5, 0.6) is 0 Å². The van der Waals surface area contributed by atoms with Gasteiger partial charge < -0.3 is 20.9 Å². The van der Waals surface area contributed by atoms with Gasteiger partial charge in [0.2, 0.25) is 0 Å². The van der Waals surface area contributed by atoms with Gasteiger partial charge in [-0.1, -0.05) is 5.16 Å². The van der Waals surface area contributed by atoms with Crippen LogP contribution in [0.15, 0.2) is 23.5 Å². The lowest BCUT2D eigenvalue weighted by atomic mass is 10.0. The normalized spacial score (nSPS) is 21.1. The van der Waals surface area contributed by atoms with Gasteiger partial charge in [0.15, 0.2) is 5.84 Å². The Morgan fingerprint density at radius 2 is 2.33 bits per heavy atom. The summed E-state index contributed by atoms with van der Waals surface area (Å²) in [5, 5.41) is 20.8. The summed E-state index contributed by atoms with van der Waals surface area (Å²) in [4.78, 5) is 6.31. The van der Waals surface area contributed by atoms with Crippen molar-refractivity contribution in [3.8, 4) is 0 Å². The second kappa shape index (κ2) is 5.68. The number of anilines is 1. The van der Waals surface area contributed by atoms with Crippen molar-refractivity contribution in [3.05, 3.63) is 24.0 Å². The van der Waals surface area contributed by atoms with Gasteiger partial charge in [-0.2, -0.15) is 0 Å². The number of aliphatic hydroxyl groups is 1. The lowest BCUT2D eigenvalue weighted by Gasteiger charge is -2.36. The van der Waals surface area contributed by atoms with E-state index in [0.29, 0.717) is 5.69 Å². The van der Waals surface area contributed by atoms with Crippen LogP contribution in [0.25, 0.3) is 0 Å². The second-order valence-corrected chi connectivity index (χ2v) is 4.41. The SMILES string of the molecule is N/C(=N/O)c1ccc(N2CCCCC2CO)cn1. The Morgan fingerprint density at radius 1 is 1.50 bits per heavy atom. The molecular weight excluding hydrogens is 232 g/mol. The molecule has 1 aromatic rings. The molecule has 0 aromatic carbocycles. The average Bonchev–Trinajstić information content (AvgIpc) is 2.46. The molecule has 0 amide bonds. The van der Waals surface area contributed by atoms with E-state index in [9.17, 15) is 5.11 Å². The Hall–Kier alpha value is -1.82. The number of nitrogens with two attached hydrogens (primary N) is 1. The van der Waals surface area contributed by atoms with Gasteiger partial charge in [0.05, 0.1) is 24.5 Å². The van der Waals surface area contributed by atoms with E-state index in [1.54, 1.807) is 12.3 Å². The molecule has 0 spiro atoms. The standard InChI is InChI=1S/C12H18N4O2/c13-12(15-18)11-5-4-9(7-14-11)16-6-2-1-3-10(16)8-17/h4-5,7,10,17-18H,1-3,6,8H2,(H2,13,15). The van der Waals surface area contributed by atoms with Crippen LogP contribution in [0.2, 0.25) is 0 Å². The highest BCUT2D eigenvalue weighted by molar-refractivity contribution is 5.95. The predicted molar refractivity (Wildman–Crippen MR) is 68.8 cm³/mol. The number of hydrogen-bond donors (Lipinski definition) is 3. The van der Waals surface area contributed by atoms with Crippen molar-refractivity contribution in [2.75, 3.05) is 18.1 Å². The van der Waals surface area contributed by atoms with Gasteiger partial charge in [0.25, 0.3) is 0 Å². The van der Waals surface area contributed by atoms with Crippen molar-refractivity contribution >= 4 is 11.5 Å². The monoisotopic (exact) mass is 250 g/mol. The number of nitrogens with zero attached hydrogens (tertiary/aromatic N) is 3. The molecule has 1 aliphatic rings.